The van der Waals surface area contributed by atoms with Crippen LogP contribution in [-0.2, 0) is 9.59 Å². The van der Waals surface area contributed by atoms with Crippen LogP contribution in [-0.4, -0.2) is 21.1 Å². The minimum atomic E-state index is -1.05. The number of aryl methyl sites for hydroxylation is 1. The van der Waals surface area contributed by atoms with Gasteiger partial charge in [-0.1, -0.05) is 6.07 Å². The highest BCUT2D eigenvalue weighted by atomic mass is 16.2. The van der Waals surface area contributed by atoms with Gasteiger partial charge in [-0.05, 0) is 25.4 Å². The molecule has 1 fully saturated rings. The molecule has 21 heavy (non-hydrogen) atoms. The normalized spacial score (nSPS) is 24.0. The lowest BCUT2D eigenvalue weighted by Crippen LogP contribution is -2.36. The molecule has 0 aliphatic heterocycles. The van der Waals surface area contributed by atoms with Gasteiger partial charge in [-0.3, -0.25) is 19.0 Å². The standard InChI is InChI=1S/C15H15N3O3/c1-8-17-11-4-2-3-10(16)14(11)15(21)18(8)12-6-5-9(19)7-13(12)20/h2-4,12H,5-7,16H2,1H3/i3D,6D. The van der Waals surface area contributed by atoms with E-state index in [4.69, 9.17) is 8.48 Å². The molecule has 0 saturated heterocycles. The molecule has 108 valence electrons. The first-order chi connectivity index (χ1) is 10.8. The number of carbonyl (C=O) groups is 2. The maximum absolute atomic E-state index is 12.8. The monoisotopic (exact) mass is 287 g/mol. The van der Waals surface area contributed by atoms with Crippen molar-refractivity contribution >= 4 is 28.2 Å². The van der Waals surface area contributed by atoms with E-state index in [1.807, 2.05) is 0 Å². The number of carbonyl (C=O) groups excluding carboxylic acids is 2. The highest BCUT2D eigenvalue weighted by Crippen LogP contribution is 2.24. The molecule has 3 rings (SSSR count). The third-order valence-corrected chi connectivity index (χ3v) is 3.62. The Balaban J connectivity index is 2.30. The second-order valence-electron chi connectivity index (χ2n) is 5.05. The maximum atomic E-state index is 12.8. The fourth-order valence-corrected chi connectivity index (χ4v) is 2.64. The minimum absolute atomic E-state index is 0.000579. The van der Waals surface area contributed by atoms with Gasteiger partial charge in [0.05, 0.1) is 24.7 Å². The van der Waals surface area contributed by atoms with Crippen molar-refractivity contribution in [3.05, 3.63) is 34.4 Å². The van der Waals surface area contributed by atoms with Gasteiger partial charge in [0.2, 0.25) is 0 Å². The van der Waals surface area contributed by atoms with Crippen molar-refractivity contribution in [3.63, 3.8) is 0 Å². The average Bonchev–Trinajstić information content (AvgIpc) is 2.45. The Labute approximate surface area is 123 Å². The summed E-state index contributed by atoms with van der Waals surface area (Å²) >= 11 is 0. The molecule has 1 saturated carbocycles. The third-order valence-electron chi connectivity index (χ3n) is 3.62. The zero-order valence-electron chi connectivity index (χ0n) is 13.4. The van der Waals surface area contributed by atoms with Gasteiger partial charge in [0, 0.05) is 13.5 Å². The van der Waals surface area contributed by atoms with E-state index in [9.17, 15) is 14.4 Å². The van der Waals surface area contributed by atoms with Crippen LogP contribution >= 0.6 is 0 Å². The number of nitrogens with two attached hydrogens (primary N) is 1. The summed E-state index contributed by atoms with van der Waals surface area (Å²) < 4.78 is 16.9. The number of rotatable bonds is 1. The number of benzene rings is 1. The van der Waals surface area contributed by atoms with Crippen molar-refractivity contribution in [2.24, 2.45) is 0 Å². The second-order valence-corrected chi connectivity index (χ2v) is 5.05. The summed E-state index contributed by atoms with van der Waals surface area (Å²) in [7, 11) is 0. The highest BCUT2D eigenvalue weighted by Gasteiger charge is 2.30. The van der Waals surface area contributed by atoms with Gasteiger partial charge in [-0.25, -0.2) is 4.98 Å². The molecule has 2 unspecified atom stereocenters. The SMILES string of the molecule is [2H]c1ccc2nc(C)n(C3C(=O)CC(=O)CC3[2H])c(=O)c2c1N. The number of aromatic nitrogens is 2. The fourth-order valence-electron chi connectivity index (χ4n) is 2.64. The number of hydrogen-bond donors (Lipinski definition) is 1. The van der Waals surface area contributed by atoms with E-state index in [0.29, 0.717) is 5.52 Å². The molecule has 6 nitrogen and oxygen atoms in total. The predicted octanol–water partition coefficient (Wildman–Crippen LogP) is 1.15. The Morgan fingerprint density at radius 2 is 2.24 bits per heavy atom. The lowest BCUT2D eigenvalue weighted by Gasteiger charge is -2.24. The average molecular weight is 287 g/mol. The van der Waals surface area contributed by atoms with Crippen LogP contribution in [0.2, 0.25) is 0 Å². The highest BCUT2D eigenvalue weighted by molar-refractivity contribution is 6.03. The molecule has 1 aromatic carbocycles. The van der Waals surface area contributed by atoms with Crippen LogP contribution in [0.5, 0.6) is 0 Å². The number of anilines is 1. The number of nitrogens with zero attached hydrogens (tertiary/aromatic N) is 2. The Kier molecular flexibility index (Phi) is 2.56. The summed E-state index contributed by atoms with van der Waals surface area (Å²) in [6, 6.07) is 1.92. The summed E-state index contributed by atoms with van der Waals surface area (Å²) in [6.07, 6.45) is -1.38. The van der Waals surface area contributed by atoms with E-state index in [1.165, 1.54) is 12.1 Å². The lowest BCUT2D eigenvalue weighted by molar-refractivity contribution is -0.132. The van der Waals surface area contributed by atoms with Crippen LogP contribution in [0.25, 0.3) is 10.9 Å². The van der Waals surface area contributed by atoms with E-state index < -0.39 is 23.8 Å². The molecule has 6 heteroatoms. The van der Waals surface area contributed by atoms with Crippen molar-refractivity contribution in [3.8, 4) is 0 Å². The molecule has 0 bridgehead atoms. The van der Waals surface area contributed by atoms with E-state index in [0.717, 1.165) is 4.57 Å². The summed E-state index contributed by atoms with van der Waals surface area (Å²) in [5.74, 6) is -0.476. The van der Waals surface area contributed by atoms with Gasteiger partial charge in [-0.2, -0.15) is 0 Å². The molecule has 0 amide bonds. The summed E-state index contributed by atoms with van der Waals surface area (Å²) in [6.45, 7) is 1.57. The molecule has 1 aliphatic rings. The first-order valence-corrected chi connectivity index (χ1v) is 6.56. The van der Waals surface area contributed by atoms with Gasteiger partial charge in [-0.15, -0.1) is 0 Å². The Hall–Kier alpha value is -2.50. The zero-order chi connectivity index (χ0) is 16.9. The first kappa shape index (κ1) is 11.2. The van der Waals surface area contributed by atoms with Gasteiger partial charge < -0.3 is 5.73 Å². The maximum Gasteiger partial charge on any atom is 0.264 e. The number of hydrogen-bond acceptors (Lipinski definition) is 5. The zero-order valence-corrected chi connectivity index (χ0v) is 11.4. The molecule has 1 heterocycles. The van der Waals surface area contributed by atoms with Crippen LogP contribution < -0.4 is 11.3 Å². The molecule has 2 aromatic rings. The van der Waals surface area contributed by atoms with Gasteiger partial charge in [0.1, 0.15) is 11.6 Å². The largest absolute Gasteiger partial charge is 0.398 e. The topological polar surface area (TPSA) is 95.0 Å². The summed E-state index contributed by atoms with van der Waals surface area (Å²) in [5, 5.41) is 0.0694. The number of Topliss-reactive ketones (excluding diaryl/α,β-unsaturated/α-hetero) is 2. The van der Waals surface area contributed by atoms with Crippen molar-refractivity contribution in [1.29, 1.82) is 0 Å². The van der Waals surface area contributed by atoms with Crippen molar-refractivity contribution < 1.29 is 12.3 Å². The number of ketones is 2. The lowest BCUT2D eigenvalue weighted by atomic mass is 9.92. The molecule has 2 atom stereocenters. The van der Waals surface area contributed by atoms with Crippen molar-refractivity contribution in [2.75, 3.05) is 5.73 Å². The molecular formula is C15H15N3O3. The van der Waals surface area contributed by atoms with E-state index >= 15 is 0 Å². The number of fused-ring (bicyclic) bond motifs is 1. The van der Waals surface area contributed by atoms with Gasteiger partial charge in [0.25, 0.3) is 5.56 Å². The molecule has 0 spiro atoms. The van der Waals surface area contributed by atoms with Gasteiger partial charge in [0.15, 0.2) is 5.78 Å². The van der Waals surface area contributed by atoms with E-state index in [1.54, 1.807) is 6.92 Å². The summed E-state index contributed by atoms with van der Waals surface area (Å²) in [5.41, 5.74) is 5.62. The first-order valence-electron chi connectivity index (χ1n) is 7.63. The molecular weight excluding hydrogens is 270 g/mol. The Bertz CT molecular complexity index is 907. The van der Waals surface area contributed by atoms with Crippen LogP contribution in [0.15, 0.2) is 23.0 Å². The second kappa shape index (κ2) is 4.80. The molecule has 0 radical (unpaired) electrons. The van der Waals surface area contributed by atoms with Crippen molar-refractivity contribution in [2.45, 2.75) is 32.2 Å². The quantitative estimate of drug-likeness (QED) is 0.627. The van der Waals surface area contributed by atoms with Crippen LogP contribution in [0.3, 0.4) is 0 Å². The van der Waals surface area contributed by atoms with E-state index in [2.05, 4.69) is 4.98 Å². The van der Waals surface area contributed by atoms with Crippen molar-refractivity contribution in [1.82, 2.24) is 9.55 Å². The summed E-state index contributed by atoms with van der Waals surface area (Å²) in [4.78, 5) is 40.8. The smallest absolute Gasteiger partial charge is 0.264 e. The molecule has 1 aliphatic carbocycles. The van der Waals surface area contributed by atoms with Crippen LogP contribution in [0.4, 0.5) is 5.69 Å². The predicted molar refractivity (Wildman–Crippen MR) is 78.1 cm³/mol. The fraction of sp³-hybridized carbons (Fsp3) is 0.333. The number of nitrogen functional groups attached to an aromatic ring is 1. The minimum Gasteiger partial charge on any atom is -0.398 e. The Morgan fingerprint density at radius 3 is 2.95 bits per heavy atom. The molecule has 2 N–H and O–H groups in total. The van der Waals surface area contributed by atoms with Crippen LogP contribution in [0, 0.1) is 6.92 Å². The third kappa shape index (κ3) is 2.12. The van der Waals surface area contributed by atoms with E-state index in [-0.39, 0.29) is 41.6 Å². The Morgan fingerprint density at radius 1 is 1.48 bits per heavy atom. The molecule has 1 aromatic heterocycles. The van der Waals surface area contributed by atoms with Crippen LogP contribution in [0.1, 0.15) is 33.8 Å². The van der Waals surface area contributed by atoms with Gasteiger partial charge >= 0.3 is 0 Å².